The fourth-order valence-corrected chi connectivity index (χ4v) is 3.29. The Balaban J connectivity index is 1.84. The maximum absolute atomic E-state index is 11.8. The number of sulfone groups is 1. The van der Waals surface area contributed by atoms with E-state index >= 15 is 0 Å². The van der Waals surface area contributed by atoms with Gasteiger partial charge in [-0.2, -0.15) is 0 Å². The monoisotopic (exact) mass is 342 g/mol. The van der Waals surface area contributed by atoms with E-state index in [-0.39, 0.29) is 11.7 Å². The van der Waals surface area contributed by atoms with Gasteiger partial charge in [0.1, 0.15) is 0 Å². The standard InChI is InChI=1S/C17H14N2O4S/c1-24(20,21)11-5-6-13-12(9-11)14(7-8-18-13)19-15-3-2-4-16-17(15)23-10-22-16/h2-9H,10H2,1H3,(H,18,19). The predicted molar refractivity (Wildman–Crippen MR) is 90.7 cm³/mol. The zero-order valence-electron chi connectivity index (χ0n) is 12.8. The van der Waals surface area contributed by atoms with Gasteiger partial charge in [0.05, 0.1) is 16.1 Å². The Bertz CT molecular complexity index is 1050. The molecule has 0 spiro atoms. The average Bonchev–Trinajstić information content (AvgIpc) is 3.03. The Kier molecular flexibility index (Phi) is 3.31. The molecule has 0 fully saturated rings. The fourth-order valence-electron chi connectivity index (χ4n) is 2.64. The molecule has 7 heteroatoms. The Morgan fingerprint density at radius 1 is 1.08 bits per heavy atom. The van der Waals surface area contributed by atoms with E-state index in [4.69, 9.17) is 9.47 Å². The molecule has 0 amide bonds. The van der Waals surface area contributed by atoms with Gasteiger partial charge in [-0.1, -0.05) is 6.07 Å². The van der Waals surface area contributed by atoms with Crippen LogP contribution < -0.4 is 14.8 Å². The van der Waals surface area contributed by atoms with Crippen molar-refractivity contribution in [1.29, 1.82) is 0 Å². The van der Waals surface area contributed by atoms with Gasteiger partial charge in [0, 0.05) is 23.5 Å². The van der Waals surface area contributed by atoms with Gasteiger partial charge in [0.15, 0.2) is 21.3 Å². The molecule has 0 bridgehead atoms. The number of nitrogens with zero attached hydrogens (tertiary/aromatic N) is 1. The van der Waals surface area contributed by atoms with Crippen molar-refractivity contribution in [1.82, 2.24) is 4.98 Å². The number of anilines is 2. The molecular formula is C17H14N2O4S. The van der Waals surface area contributed by atoms with Gasteiger partial charge in [-0.3, -0.25) is 4.98 Å². The SMILES string of the molecule is CS(=O)(=O)c1ccc2nccc(Nc3cccc4c3OCO4)c2c1. The van der Waals surface area contributed by atoms with Crippen LogP contribution in [0.1, 0.15) is 0 Å². The van der Waals surface area contributed by atoms with Crippen LogP contribution in [0.15, 0.2) is 53.6 Å². The molecule has 122 valence electrons. The molecule has 6 nitrogen and oxygen atoms in total. The largest absolute Gasteiger partial charge is 0.454 e. The molecule has 0 aliphatic carbocycles. The summed E-state index contributed by atoms with van der Waals surface area (Å²) in [7, 11) is -3.29. The highest BCUT2D eigenvalue weighted by Crippen LogP contribution is 2.41. The third-order valence-corrected chi connectivity index (χ3v) is 4.92. The molecule has 1 aliphatic rings. The molecule has 0 radical (unpaired) electrons. The van der Waals surface area contributed by atoms with Crippen LogP contribution in [0.2, 0.25) is 0 Å². The first-order valence-corrected chi connectivity index (χ1v) is 9.16. The van der Waals surface area contributed by atoms with Crippen LogP contribution in [-0.4, -0.2) is 26.5 Å². The van der Waals surface area contributed by atoms with Crippen molar-refractivity contribution in [2.45, 2.75) is 4.90 Å². The third kappa shape index (κ3) is 2.52. The number of nitrogens with one attached hydrogen (secondary N) is 1. The van der Waals surface area contributed by atoms with Crippen LogP contribution in [0, 0.1) is 0 Å². The van der Waals surface area contributed by atoms with E-state index in [2.05, 4.69) is 10.3 Å². The Morgan fingerprint density at radius 2 is 1.96 bits per heavy atom. The van der Waals surface area contributed by atoms with E-state index < -0.39 is 9.84 Å². The molecule has 1 N–H and O–H groups in total. The Hall–Kier alpha value is -2.80. The maximum atomic E-state index is 11.8. The van der Waals surface area contributed by atoms with Gasteiger partial charge in [0.2, 0.25) is 6.79 Å². The first kappa shape index (κ1) is 14.8. The van der Waals surface area contributed by atoms with Crippen molar-refractivity contribution in [3.8, 4) is 11.5 Å². The normalized spacial score (nSPS) is 13.2. The van der Waals surface area contributed by atoms with Gasteiger partial charge in [-0.25, -0.2) is 8.42 Å². The summed E-state index contributed by atoms with van der Waals surface area (Å²) in [5.41, 5.74) is 2.20. The third-order valence-electron chi connectivity index (χ3n) is 3.81. The molecule has 0 saturated heterocycles. The number of fused-ring (bicyclic) bond motifs is 2. The van der Waals surface area contributed by atoms with Gasteiger partial charge in [0.25, 0.3) is 0 Å². The summed E-state index contributed by atoms with van der Waals surface area (Å²) >= 11 is 0. The lowest BCUT2D eigenvalue weighted by Crippen LogP contribution is -1.99. The zero-order valence-corrected chi connectivity index (χ0v) is 13.6. The summed E-state index contributed by atoms with van der Waals surface area (Å²) < 4.78 is 34.5. The molecular weight excluding hydrogens is 328 g/mol. The van der Waals surface area contributed by atoms with E-state index in [0.29, 0.717) is 17.0 Å². The number of benzene rings is 2. The lowest BCUT2D eigenvalue weighted by Gasteiger charge is -2.12. The summed E-state index contributed by atoms with van der Waals surface area (Å²) in [6.07, 6.45) is 2.86. The summed E-state index contributed by atoms with van der Waals surface area (Å²) in [5, 5.41) is 4.01. The smallest absolute Gasteiger partial charge is 0.231 e. The summed E-state index contributed by atoms with van der Waals surface area (Å²) in [6.45, 7) is 0.184. The number of aromatic nitrogens is 1. The zero-order chi connectivity index (χ0) is 16.7. The highest BCUT2D eigenvalue weighted by Gasteiger charge is 2.18. The topological polar surface area (TPSA) is 77.5 Å². The van der Waals surface area contributed by atoms with E-state index in [0.717, 1.165) is 16.8 Å². The fraction of sp³-hybridized carbons (Fsp3) is 0.118. The van der Waals surface area contributed by atoms with Crippen LogP contribution in [-0.2, 0) is 9.84 Å². The molecule has 0 saturated carbocycles. The minimum Gasteiger partial charge on any atom is -0.454 e. The second-order valence-corrected chi connectivity index (χ2v) is 7.49. The highest BCUT2D eigenvalue weighted by molar-refractivity contribution is 7.90. The van der Waals surface area contributed by atoms with E-state index in [1.165, 1.54) is 6.26 Å². The Morgan fingerprint density at radius 3 is 2.79 bits per heavy atom. The minimum absolute atomic E-state index is 0.184. The molecule has 3 aromatic rings. The van der Waals surface area contributed by atoms with E-state index in [1.54, 1.807) is 30.5 Å². The molecule has 2 aromatic carbocycles. The summed E-state index contributed by atoms with van der Waals surface area (Å²) in [6, 6.07) is 12.3. The molecule has 0 unspecified atom stereocenters. The van der Waals surface area contributed by atoms with Gasteiger partial charge in [-0.05, 0) is 36.4 Å². The van der Waals surface area contributed by atoms with Crippen LogP contribution in [0.4, 0.5) is 11.4 Å². The highest BCUT2D eigenvalue weighted by atomic mass is 32.2. The van der Waals surface area contributed by atoms with Crippen molar-refractivity contribution in [2.24, 2.45) is 0 Å². The minimum atomic E-state index is -3.29. The number of hydrogen-bond donors (Lipinski definition) is 1. The second kappa shape index (κ2) is 5.38. The van der Waals surface area contributed by atoms with E-state index in [9.17, 15) is 8.42 Å². The predicted octanol–water partition coefficient (Wildman–Crippen LogP) is 3.11. The van der Waals surface area contributed by atoms with Crippen molar-refractivity contribution < 1.29 is 17.9 Å². The summed E-state index contributed by atoms with van der Waals surface area (Å²) in [5.74, 6) is 1.32. The Labute approximate surface area is 139 Å². The molecule has 2 heterocycles. The van der Waals surface area contributed by atoms with Gasteiger partial charge < -0.3 is 14.8 Å². The quantitative estimate of drug-likeness (QED) is 0.788. The number of hydrogen-bond acceptors (Lipinski definition) is 6. The summed E-state index contributed by atoms with van der Waals surface area (Å²) in [4.78, 5) is 4.54. The van der Waals surface area contributed by atoms with Crippen molar-refractivity contribution in [2.75, 3.05) is 18.4 Å². The van der Waals surface area contributed by atoms with E-state index in [1.807, 2.05) is 18.2 Å². The first-order valence-electron chi connectivity index (χ1n) is 7.27. The maximum Gasteiger partial charge on any atom is 0.231 e. The molecule has 24 heavy (non-hydrogen) atoms. The van der Waals surface area contributed by atoms with Crippen LogP contribution in [0.5, 0.6) is 11.5 Å². The first-order chi connectivity index (χ1) is 11.5. The number of pyridine rings is 1. The number of para-hydroxylation sites is 1. The van der Waals surface area contributed by atoms with Crippen molar-refractivity contribution >= 4 is 32.1 Å². The molecule has 1 aromatic heterocycles. The lowest BCUT2D eigenvalue weighted by atomic mass is 10.1. The van der Waals surface area contributed by atoms with Crippen LogP contribution >= 0.6 is 0 Å². The second-order valence-electron chi connectivity index (χ2n) is 5.47. The van der Waals surface area contributed by atoms with Crippen LogP contribution in [0.25, 0.3) is 10.9 Å². The number of rotatable bonds is 3. The van der Waals surface area contributed by atoms with Crippen molar-refractivity contribution in [3.63, 3.8) is 0 Å². The number of ether oxygens (including phenoxy) is 2. The molecule has 1 aliphatic heterocycles. The lowest BCUT2D eigenvalue weighted by molar-refractivity contribution is 0.174. The molecule has 4 rings (SSSR count). The van der Waals surface area contributed by atoms with Gasteiger partial charge in [-0.15, -0.1) is 0 Å². The van der Waals surface area contributed by atoms with Crippen LogP contribution in [0.3, 0.4) is 0 Å². The molecule has 0 atom stereocenters. The van der Waals surface area contributed by atoms with Gasteiger partial charge >= 0.3 is 0 Å². The van der Waals surface area contributed by atoms with Crippen molar-refractivity contribution in [3.05, 3.63) is 48.7 Å². The average molecular weight is 342 g/mol.